The summed E-state index contributed by atoms with van der Waals surface area (Å²) in [7, 11) is 1.85. The van der Waals surface area contributed by atoms with Gasteiger partial charge < -0.3 is 9.64 Å². The molecular formula is C18H18ClNO2. The number of nitrogens with zero attached hydrogens (tertiary/aromatic N) is 1. The highest BCUT2D eigenvalue weighted by atomic mass is 35.5. The van der Waals surface area contributed by atoms with Gasteiger partial charge in [0.15, 0.2) is 0 Å². The molecular weight excluding hydrogens is 298 g/mol. The van der Waals surface area contributed by atoms with Crippen LogP contribution in [0, 0.1) is 0 Å². The second-order valence-electron chi connectivity index (χ2n) is 5.46. The fourth-order valence-corrected chi connectivity index (χ4v) is 3.03. The Hall–Kier alpha value is -2.00. The molecule has 0 aromatic heterocycles. The molecule has 114 valence electrons. The Morgan fingerprint density at radius 1 is 1.23 bits per heavy atom. The maximum atomic E-state index is 12.6. The molecule has 1 heterocycles. The Morgan fingerprint density at radius 3 is 2.77 bits per heavy atom. The van der Waals surface area contributed by atoms with Crippen LogP contribution < -0.4 is 4.74 Å². The van der Waals surface area contributed by atoms with E-state index in [1.165, 1.54) is 0 Å². The summed E-state index contributed by atoms with van der Waals surface area (Å²) < 4.78 is 5.66. The second kappa shape index (κ2) is 6.41. The first-order valence-electron chi connectivity index (χ1n) is 7.37. The number of fused-ring (bicyclic) bond motifs is 1. The first kappa shape index (κ1) is 14.9. The van der Waals surface area contributed by atoms with Gasteiger partial charge in [-0.2, -0.15) is 0 Å². The Labute approximate surface area is 135 Å². The number of hydrogen-bond acceptors (Lipinski definition) is 2. The number of carbonyl (C=O) groups is 1. The lowest BCUT2D eigenvalue weighted by molar-refractivity contribution is -0.131. The minimum Gasteiger partial charge on any atom is -0.493 e. The van der Waals surface area contributed by atoms with Gasteiger partial charge in [-0.25, -0.2) is 0 Å². The van der Waals surface area contributed by atoms with Gasteiger partial charge in [0.2, 0.25) is 5.91 Å². The van der Waals surface area contributed by atoms with Crippen LogP contribution in [0.5, 0.6) is 5.75 Å². The summed E-state index contributed by atoms with van der Waals surface area (Å²) >= 11 is 6.15. The van der Waals surface area contributed by atoms with E-state index in [1.54, 1.807) is 0 Å². The van der Waals surface area contributed by atoms with Crippen molar-refractivity contribution in [2.24, 2.45) is 0 Å². The van der Waals surface area contributed by atoms with Crippen molar-refractivity contribution < 1.29 is 9.53 Å². The predicted molar refractivity (Wildman–Crippen MR) is 87.2 cm³/mol. The molecule has 0 spiro atoms. The topological polar surface area (TPSA) is 29.5 Å². The van der Waals surface area contributed by atoms with Gasteiger partial charge in [-0.3, -0.25) is 4.79 Å². The largest absolute Gasteiger partial charge is 0.493 e. The number of ether oxygens (including phenoxy) is 1. The van der Waals surface area contributed by atoms with E-state index >= 15 is 0 Å². The summed E-state index contributed by atoms with van der Waals surface area (Å²) in [5.74, 6) is 0.936. The third-order valence-corrected chi connectivity index (χ3v) is 4.46. The number of halogens is 1. The Bertz CT molecular complexity index is 686. The highest BCUT2D eigenvalue weighted by Crippen LogP contribution is 2.35. The van der Waals surface area contributed by atoms with Crippen molar-refractivity contribution in [3.8, 4) is 5.75 Å². The number of likely N-dealkylation sites (N-methyl/N-ethyl adjacent to an activating group) is 1. The molecule has 1 aliphatic rings. The molecule has 2 aromatic rings. The highest BCUT2D eigenvalue weighted by molar-refractivity contribution is 6.31. The third-order valence-electron chi connectivity index (χ3n) is 4.09. The van der Waals surface area contributed by atoms with Crippen LogP contribution in [0.1, 0.15) is 23.6 Å². The molecule has 0 aliphatic carbocycles. The first-order chi connectivity index (χ1) is 10.7. The van der Waals surface area contributed by atoms with Gasteiger partial charge in [0, 0.05) is 24.1 Å². The monoisotopic (exact) mass is 315 g/mol. The number of rotatable bonds is 3. The van der Waals surface area contributed by atoms with Gasteiger partial charge >= 0.3 is 0 Å². The van der Waals surface area contributed by atoms with Crippen molar-refractivity contribution >= 4 is 17.5 Å². The van der Waals surface area contributed by atoms with E-state index in [-0.39, 0.29) is 11.9 Å². The lowest BCUT2D eigenvalue weighted by atomic mass is 9.98. The standard InChI is InChI=1S/C18H18ClNO2/c1-20(18(21)12-13-6-2-4-8-15(13)19)16-10-11-22-17-9-5-3-7-14(16)17/h2-9,16H,10-12H2,1H3. The van der Waals surface area contributed by atoms with Crippen molar-refractivity contribution in [2.45, 2.75) is 18.9 Å². The molecule has 3 nitrogen and oxygen atoms in total. The number of benzene rings is 2. The zero-order valence-corrected chi connectivity index (χ0v) is 13.2. The maximum Gasteiger partial charge on any atom is 0.227 e. The smallest absolute Gasteiger partial charge is 0.227 e. The van der Waals surface area contributed by atoms with Gasteiger partial charge in [0.1, 0.15) is 5.75 Å². The zero-order valence-electron chi connectivity index (χ0n) is 12.5. The quantitative estimate of drug-likeness (QED) is 0.860. The van der Waals surface area contributed by atoms with Crippen LogP contribution in [-0.2, 0) is 11.2 Å². The number of carbonyl (C=O) groups excluding carboxylic acids is 1. The van der Waals surface area contributed by atoms with E-state index in [4.69, 9.17) is 16.3 Å². The minimum atomic E-state index is 0.0555. The predicted octanol–water partition coefficient (Wildman–Crippen LogP) is 3.86. The molecule has 2 aromatic carbocycles. The van der Waals surface area contributed by atoms with E-state index in [0.29, 0.717) is 18.1 Å². The molecule has 0 fully saturated rings. The number of amides is 1. The molecule has 1 aliphatic heterocycles. The summed E-state index contributed by atoms with van der Waals surface area (Å²) in [4.78, 5) is 14.4. The van der Waals surface area contributed by atoms with E-state index in [9.17, 15) is 4.79 Å². The van der Waals surface area contributed by atoms with Gasteiger partial charge in [-0.05, 0) is 17.7 Å². The van der Waals surface area contributed by atoms with Gasteiger partial charge in [-0.15, -0.1) is 0 Å². The molecule has 4 heteroatoms. The van der Waals surface area contributed by atoms with Crippen LogP contribution in [-0.4, -0.2) is 24.5 Å². The molecule has 22 heavy (non-hydrogen) atoms. The maximum absolute atomic E-state index is 12.6. The lowest BCUT2D eigenvalue weighted by Gasteiger charge is -2.33. The summed E-state index contributed by atoms with van der Waals surface area (Å²) in [5.41, 5.74) is 1.94. The molecule has 0 saturated carbocycles. The van der Waals surface area contributed by atoms with Crippen molar-refractivity contribution in [1.82, 2.24) is 4.90 Å². The van der Waals surface area contributed by atoms with Gasteiger partial charge in [0.05, 0.1) is 19.1 Å². The average Bonchev–Trinajstić information content (AvgIpc) is 2.55. The number of hydrogen-bond donors (Lipinski definition) is 0. The molecule has 3 rings (SSSR count). The Balaban J connectivity index is 1.78. The lowest BCUT2D eigenvalue weighted by Crippen LogP contribution is -2.35. The molecule has 0 bridgehead atoms. The SMILES string of the molecule is CN(C(=O)Cc1ccccc1Cl)C1CCOc2ccccc21. The van der Waals surface area contributed by atoms with Crippen molar-refractivity contribution in [2.75, 3.05) is 13.7 Å². The van der Waals surface area contributed by atoms with Crippen LogP contribution >= 0.6 is 11.6 Å². The van der Waals surface area contributed by atoms with Crippen LogP contribution in [0.25, 0.3) is 0 Å². The van der Waals surface area contributed by atoms with Crippen LogP contribution in [0.3, 0.4) is 0 Å². The Kier molecular flexibility index (Phi) is 4.34. The van der Waals surface area contributed by atoms with Crippen molar-refractivity contribution in [3.05, 3.63) is 64.7 Å². The van der Waals surface area contributed by atoms with Crippen molar-refractivity contribution in [1.29, 1.82) is 0 Å². The first-order valence-corrected chi connectivity index (χ1v) is 7.75. The molecule has 1 unspecified atom stereocenters. The highest BCUT2D eigenvalue weighted by Gasteiger charge is 2.27. The van der Waals surface area contributed by atoms with Crippen LogP contribution in [0.15, 0.2) is 48.5 Å². The van der Waals surface area contributed by atoms with E-state index in [2.05, 4.69) is 0 Å². The summed E-state index contributed by atoms with van der Waals surface area (Å²) in [6, 6.07) is 15.4. The summed E-state index contributed by atoms with van der Waals surface area (Å²) in [6.45, 7) is 0.630. The van der Waals surface area contributed by atoms with Crippen LogP contribution in [0.2, 0.25) is 5.02 Å². The molecule has 0 N–H and O–H groups in total. The Morgan fingerprint density at radius 2 is 1.95 bits per heavy atom. The number of para-hydroxylation sites is 1. The van der Waals surface area contributed by atoms with Gasteiger partial charge in [-0.1, -0.05) is 48.0 Å². The molecule has 1 atom stereocenters. The zero-order chi connectivity index (χ0) is 15.5. The van der Waals surface area contributed by atoms with Gasteiger partial charge in [0.25, 0.3) is 0 Å². The molecule has 0 saturated heterocycles. The molecule has 1 amide bonds. The van der Waals surface area contributed by atoms with E-state index in [0.717, 1.165) is 23.3 Å². The third kappa shape index (κ3) is 2.95. The van der Waals surface area contributed by atoms with E-state index < -0.39 is 0 Å². The van der Waals surface area contributed by atoms with Crippen molar-refractivity contribution in [3.63, 3.8) is 0 Å². The second-order valence-corrected chi connectivity index (χ2v) is 5.87. The van der Waals surface area contributed by atoms with Crippen LogP contribution in [0.4, 0.5) is 0 Å². The average molecular weight is 316 g/mol. The summed E-state index contributed by atoms with van der Waals surface area (Å²) in [6.07, 6.45) is 1.12. The van der Waals surface area contributed by atoms with E-state index in [1.807, 2.05) is 60.5 Å². The minimum absolute atomic E-state index is 0.0555. The fraction of sp³-hybridized carbons (Fsp3) is 0.278. The fourth-order valence-electron chi connectivity index (χ4n) is 2.83. The normalized spacial score (nSPS) is 16.5. The summed E-state index contributed by atoms with van der Waals surface area (Å²) in [5, 5.41) is 0.636. The molecule has 0 radical (unpaired) electrons.